The molecule has 2 atom stereocenters. The van der Waals surface area contributed by atoms with Gasteiger partial charge in [-0.3, -0.25) is 0 Å². The normalized spacial score (nSPS) is 20.6. The molecule has 0 aliphatic heterocycles. The van der Waals surface area contributed by atoms with Crippen molar-refractivity contribution in [3.8, 4) is 0 Å². The second kappa shape index (κ2) is 14.5. The number of allylic oxidation sites excluding steroid dienone is 15. The van der Waals surface area contributed by atoms with Crippen molar-refractivity contribution in [1.82, 2.24) is 0 Å². The Morgan fingerprint density at radius 1 is 0.971 bits per heavy atom. The van der Waals surface area contributed by atoms with Crippen LogP contribution in [-0.2, 0) is 0 Å². The van der Waals surface area contributed by atoms with Gasteiger partial charge >= 0.3 is 0 Å². The summed E-state index contributed by atoms with van der Waals surface area (Å²) in [6, 6.07) is 10.5. The van der Waals surface area contributed by atoms with Crippen molar-refractivity contribution in [1.29, 1.82) is 0 Å². The average Bonchev–Trinajstić information content (AvgIpc) is 3.10. The van der Waals surface area contributed by atoms with E-state index in [1.807, 2.05) is 0 Å². The van der Waals surface area contributed by atoms with E-state index >= 15 is 0 Å². The summed E-state index contributed by atoms with van der Waals surface area (Å²) >= 11 is 0. The van der Waals surface area contributed by atoms with E-state index in [4.69, 9.17) is 0 Å². The van der Waals surface area contributed by atoms with Crippen molar-refractivity contribution < 1.29 is 0 Å². The molecular weight excluding hydrogens is 420 g/mol. The maximum Gasteiger partial charge on any atom is -0.000438 e. The molecule has 0 bridgehead atoms. The minimum atomic E-state index is 0.462. The van der Waals surface area contributed by atoms with Crippen LogP contribution in [0.2, 0.25) is 0 Å². The van der Waals surface area contributed by atoms with Gasteiger partial charge in [-0.15, -0.1) is 0 Å². The van der Waals surface area contributed by atoms with E-state index in [1.54, 1.807) is 11.1 Å². The standard InChI is InChI=1S/C35H44/c1-5-7-17-28(3)33-26-16-23-31(22-14-13-21-30-19-10-9-11-20-30)27-35(33)34(24-8-6-2)32-25-15-12-18-29(32)4/h9-16,18-23,25,27-29H,5-8,17,24,26H2,1-4H3/b21-13+,22-14+,34-32-. The molecule has 0 radical (unpaired) electrons. The summed E-state index contributed by atoms with van der Waals surface area (Å²) in [6.07, 6.45) is 33.5. The van der Waals surface area contributed by atoms with Crippen LogP contribution in [-0.4, -0.2) is 0 Å². The van der Waals surface area contributed by atoms with Crippen LogP contribution in [0.25, 0.3) is 6.08 Å². The highest BCUT2D eigenvalue weighted by molar-refractivity contribution is 5.57. The second-order valence-electron chi connectivity index (χ2n) is 9.93. The Kier molecular flexibility index (Phi) is 11.1. The zero-order chi connectivity index (χ0) is 24.9. The van der Waals surface area contributed by atoms with Crippen molar-refractivity contribution in [2.45, 2.75) is 72.6 Å². The van der Waals surface area contributed by atoms with Crippen LogP contribution in [0.5, 0.6) is 0 Å². The van der Waals surface area contributed by atoms with Gasteiger partial charge in [0.25, 0.3) is 0 Å². The molecule has 1 aromatic carbocycles. The largest absolute Gasteiger partial charge is 0.0798 e. The van der Waals surface area contributed by atoms with Crippen LogP contribution < -0.4 is 0 Å². The number of hydrogen-bond acceptors (Lipinski definition) is 0. The Balaban J connectivity index is 2.03. The monoisotopic (exact) mass is 464 g/mol. The van der Waals surface area contributed by atoms with Gasteiger partial charge < -0.3 is 0 Å². The summed E-state index contributed by atoms with van der Waals surface area (Å²) in [7, 11) is 0. The van der Waals surface area contributed by atoms with E-state index in [-0.39, 0.29) is 0 Å². The molecule has 2 aliphatic carbocycles. The number of benzene rings is 1. The summed E-state index contributed by atoms with van der Waals surface area (Å²) in [6.45, 7) is 9.39. The Morgan fingerprint density at radius 2 is 1.74 bits per heavy atom. The third kappa shape index (κ3) is 8.10. The quantitative estimate of drug-likeness (QED) is 0.286. The molecule has 0 aromatic heterocycles. The average molecular weight is 465 g/mol. The lowest BCUT2D eigenvalue weighted by atomic mass is 9.80. The van der Waals surface area contributed by atoms with Crippen molar-refractivity contribution >= 4 is 6.08 Å². The fraction of sp³-hybridized carbons (Fsp3) is 0.371. The third-order valence-electron chi connectivity index (χ3n) is 7.11. The molecule has 2 aliphatic rings. The SMILES string of the molecule is CCCC/C(C1=C(C(C)CCCC)CC=CC(/C=C/C=C/c2ccccc2)=C1)=C1\C=CC=CC1C. The van der Waals surface area contributed by atoms with Crippen molar-refractivity contribution in [2.24, 2.45) is 11.8 Å². The summed E-state index contributed by atoms with van der Waals surface area (Å²) in [5.41, 5.74) is 8.70. The van der Waals surface area contributed by atoms with Crippen molar-refractivity contribution in [3.63, 3.8) is 0 Å². The van der Waals surface area contributed by atoms with E-state index in [1.165, 1.54) is 54.4 Å². The zero-order valence-electron chi connectivity index (χ0n) is 22.3. The topological polar surface area (TPSA) is 0 Å². The van der Waals surface area contributed by atoms with Crippen LogP contribution in [0.4, 0.5) is 0 Å². The summed E-state index contributed by atoms with van der Waals surface area (Å²) in [5.74, 6) is 1.06. The van der Waals surface area contributed by atoms with Gasteiger partial charge in [-0.1, -0.05) is 144 Å². The Labute approximate surface area is 214 Å². The van der Waals surface area contributed by atoms with E-state index < -0.39 is 0 Å². The highest BCUT2D eigenvalue weighted by Gasteiger charge is 2.21. The lowest BCUT2D eigenvalue weighted by Crippen LogP contribution is -2.08. The van der Waals surface area contributed by atoms with E-state index in [9.17, 15) is 0 Å². The summed E-state index contributed by atoms with van der Waals surface area (Å²) in [4.78, 5) is 0. The molecule has 0 spiro atoms. The van der Waals surface area contributed by atoms with Gasteiger partial charge in [-0.2, -0.15) is 0 Å². The van der Waals surface area contributed by atoms with Crippen LogP contribution in [0.1, 0.15) is 78.2 Å². The molecular formula is C35H44. The first kappa shape index (κ1) is 26.7. The molecule has 0 nitrogen and oxygen atoms in total. The fourth-order valence-electron chi connectivity index (χ4n) is 4.98. The molecule has 0 heteroatoms. The van der Waals surface area contributed by atoms with Crippen LogP contribution >= 0.6 is 0 Å². The molecule has 0 heterocycles. The predicted octanol–water partition coefficient (Wildman–Crippen LogP) is 10.5. The zero-order valence-corrected chi connectivity index (χ0v) is 22.3. The minimum absolute atomic E-state index is 0.462. The first-order chi connectivity index (χ1) is 17.1. The molecule has 0 amide bonds. The molecule has 0 fully saturated rings. The number of hydrogen-bond donors (Lipinski definition) is 0. The van der Waals surface area contributed by atoms with Crippen molar-refractivity contribution in [3.05, 3.63) is 125 Å². The maximum atomic E-state index is 2.48. The maximum absolute atomic E-state index is 2.48. The van der Waals surface area contributed by atoms with E-state index in [0.29, 0.717) is 11.8 Å². The summed E-state index contributed by atoms with van der Waals surface area (Å²) < 4.78 is 0. The molecule has 0 N–H and O–H groups in total. The molecule has 184 valence electrons. The lowest BCUT2D eigenvalue weighted by Gasteiger charge is -2.24. The van der Waals surface area contributed by atoms with Crippen molar-refractivity contribution in [2.75, 3.05) is 0 Å². The van der Waals surface area contributed by atoms with Gasteiger partial charge in [0.05, 0.1) is 0 Å². The lowest BCUT2D eigenvalue weighted by molar-refractivity contribution is 0.561. The van der Waals surface area contributed by atoms with Crippen LogP contribution in [0.3, 0.4) is 0 Å². The van der Waals surface area contributed by atoms with Crippen LogP contribution in [0, 0.1) is 11.8 Å². The molecule has 3 rings (SSSR count). The van der Waals surface area contributed by atoms with Crippen LogP contribution in [0.15, 0.2) is 119 Å². The molecule has 1 aromatic rings. The minimum Gasteiger partial charge on any atom is -0.0798 e. The number of rotatable bonds is 11. The Hall–Kier alpha value is -2.86. The molecule has 0 saturated heterocycles. The van der Waals surface area contributed by atoms with Gasteiger partial charge in [-0.05, 0) is 71.5 Å². The van der Waals surface area contributed by atoms with Gasteiger partial charge in [0.15, 0.2) is 0 Å². The molecule has 35 heavy (non-hydrogen) atoms. The molecule has 0 saturated carbocycles. The van der Waals surface area contributed by atoms with Gasteiger partial charge in [0.1, 0.15) is 0 Å². The van der Waals surface area contributed by atoms with Gasteiger partial charge in [-0.25, -0.2) is 0 Å². The third-order valence-corrected chi connectivity index (χ3v) is 7.11. The van der Waals surface area contributed by atoms with E-state index in [2.05, 4.69) is 125 Å². The first-order valence-corrected chi connectivity index (χ1v) is 13.7. The first-order valence-electron chi connectivity index (χ1n) is 13.7. The predicted molar refractivity (Wildman–Crippen MR) is 156 cm³/mol. The Bertz CT molecular complexity index is 1050. The summed E-state index contributed by atoms with van der Waals surface area (Å²) in [5, 5.41) is 0. The smallest absolute Gasteiger partial charge is 0.000438 e. The highest BCUT2D eigenvalue weighted by atomic mass is 14.3. The molecule has 2 unspecified atom stereocenters. The highest BCUT2D eigenvalue weighted by Crippen LogP contribution is 2.37. The second-order valence-corrected chi connectivity index (χ2v) is 9.93. The van der Waals surface area contributed by atoms with Gasteiger partial charge in [0, 0.05) is 0 Å². The Morgan fingerprint density at radius 3 is 2.49 bits per heavy atom. The van der Waals surface area contributed by atoms with E-state index in [0.717, 1.165) is 12.8 Å². The number of unbranched alkanes of at least 4 members (excludes halogenated alkanes) is 2. The van der Waals surface area contributed by atoms with Gasteiger partial charge in [0.2, 0.25) is 0 Å². The fourth-order valence-corrected chi connectivity index (χ4v) is 4.98.